The van der Waals surface area contributed by atoms with Crippen LogP contribution in [0.15, 0.2) is 42.5 Å². The Morgan fingerprint density at radius 3 is 2.92 bits per heavy atom. The van der Waals surface area contributed by atoms with Gasteiger partial charge in [0, 0.05) is 19.1 Å². The van der Waals surface area contributed by atoms with E-state index in [0.717, 1.165) is 5.75 Å². The molecule has 0 bridgehead atoms. The first kappa shape index (κ1) is 17.7. The largest absolute Gasteiger partial charge is 0.497 e. The molecule has 0 aromatic heterocycles. The van der Waals surface area contributed by atoms with E-state index in [4.69, 9.17) is 16.3 Å². The molecule has 3 N–H and O–H groups in total. The summed E-state index contributed by atoms with van der Waals surface area (Å²) in [4.78, 5) is 12.2. The molecule has 1 amide bonds. The monoisotopic (exact) mass is 360 g/mol. The van der Waals surface area contributed by atoms with Crippen molar-refractivity contribution in [3.05, 3.63) is 64.2 Å². The van der Waals surface area contributed by atoms with Gasteiger partial charge in [-0.3, -0.25) is 4.79 Å². The molecule has 0 spiro atoms. The molecule has 2 aromatic carbocycles. The minimum Gasteiger partial charge on any atom is -0.497 e. The van der Waals surface area contributed by atoms with E-state index >= 15 is 0 Å². The topological polar surface area (TPSA) is 70.6 Å². The van der Waals surface area contributed by atoms with Crippen molar-refractivity contribution in [2.24, 2.45) is 0 Å². The van der Waals surface area contributed by atoms with Gasteiger partial charge in [-0.25, -0.2) is 0 Å². The van der Waals surface area contributed by atoms with Crippen molar-refractivity contribution in [3.63, 3.8) is 0 Å². The van der Waals surface area contributed by atoms with Crippen LogP contribution in [0.2, 0.25) is 5.02 Å². The van der Waals surface area contributed by atoms with E-state index in [-0.39, 0.29) is 18.5 Å². The number of methoxy groups -OCH3 is 1. The number of amides is 1. The summed E-state index contributed by atoms with van der Waals surface area (Å²) in [6.45, 7) is 0.819. The van der Waals surface area contributed by atoms with Crippen molar-refractivity contribution in [3.8, 4) is 5.75 Å². The number of carbonyl (C=O) groups excluding carboxylic acids is 1. The van der Waals surface area contributed by atoms with E-state index in [1.165, 1.54) is 11.1 Å². The van der Waals surface area contributed by atoms with Crippen LogP contribution in [0.3, 0.4) is 0 Å². The van der Waals surface area contributed by atoms with Crippen LogP contribution in [0.1, 0.15) is 21.5 Å². The quantitative estimate of drug-likeness (QED) is 0.764. The third-order valence-corrected chi connectivity index (χ3v) is 4.79. The molecule has 132 valence electrons. The van der Waals surface area contributed by atoms with Crippen LogP contribution < -0.4 is 15.4 Å². The average molecular weight is 361 g/mol. The van der Waals surface area contributed by atoms with Gasteiger partial charge < -0.3 is 20.5 Å². The second kappa shape index (κ2) is 7.87. The number of rotatable bonds is 5. The van der Waals surface area contributed by atoms with Crippen molar-refractivity contribution < 1.29 is 14.6 Å². The molecule has 2 aromatic rings. The van der Waals surface area contributed by atoms with Crippen LogP contribution in [-0.4, -0.2) is 36.8 Å². The van der Waals surface area contributed by atoms with Crippen LogP contribution in [0.5, 0.6) is 5.75 Å². The van der Waals surface area contributed by atoms with Gasteiger partial charge in [0.2, 0.25) is 0 Å². The van der Waals surface area contributed by atoms with E-state index in [1.807, 2.05) is 18.2 Å². The van der Waals surface area contributed by atoms with Gasteiger partial charge >= 0.3 is 0 Å². The number of ether oxygens (including phenoxy) is 1. The Morgan fingerprint density at radius 2 is 2.16 bits per heavy atom. The summed E-state index contributed by atoms with van der Waals surface area (Å²) in [6.07, 6.45) is 0.00400. The number of halogens is 1. The molecule has 2 atom stereocenters. The highest BCUT2D eigenvalue weighted by Gasteiger charge is 2.25. The zero-order valence-electron chi connectivity index (χ0n) is 14.0. The van der Waals surface area contributed by atoms with Gasteiger partial charge in [0.15, 0.2) is 0 Å². The predicted molar refractivity (Wildman–Crippen MR) is 97.1 cm³/mol. The van der Waals surface area contributed by atoms with Crippen molar-refractivity contribution in [2.75, 3.05) is 13.7 Å². The number of fused-ring (bicyclic) bond motifs is 1. The lowest BCUT2D eigenvalue weighted by Gasteiger charge is -2.30. The van der Waals surface area contributed by atoms with Crippen LogP contribution in [0.25, 0.3) is 0 Å². The maximum atomic E-state index is 12.2. The molecule has 0 saturated heterocycles. The number of nitrogens with one attached hydrogen (secondary N) is 2. The average Bonchev–Trinajstić information content (AvgIpc) is 2.65. The van der Waals surface area contributed by atoms with Crippen molar-refractivity contribution in [1.29, 1.82) is 0 Å². The van der Waals surface area contributed by atoms with Gasteiger partial charge in [0.25, 0.3) is 5.91 Å². The first-order chi connectivity index (χ1) is 12.1. The van der Waals surface area contributed by atoms with Gasteiger partial charge in [-0.1, -0.05) is 29.8 Å². The fourth-order valence-electron chi connectivity index (χ4n) is 3.00. The van der Waals surface area contributed by atoms with Crippen LogP contribution in [0.4, 0.5) is 0 Å². The van der Waals surface area contributed by atoms with Gasteiger partial charge in [0.05, 0.1) is 23.8 Å². The second-order valence-electron chi connectivity index (χ2n) is 6.08. The molecular formula is C19H21ClN2O3. The number of aliphatic hydroxyl groups is 1. The Kier molecular flexibility index (Phi) is 5.58. The highest BCUT2D eigenvalue weighted by Crippen LogP contribution is 2.23. The van der Waals surface area contributed by atoms with Crippen molar-refractivity contribution in [2.45, 2.75) is 25.1 Å². The van der Waals surface area contributed by atoms with E-state index in [2.05, 4.69) is 10.6 Å². The molecule has 3 rings (SSSR count). The minimum absolute atomic E-state index is 0.118. The van der Waals surface area contributed by atoms with Gasteiger partial charge in [-0.15, -0.1) is 0 Å². The van der Waals surface area contributed by atoms with E-state index < -0.39 is 6.10 Å². The Balaban J connectivity index is 1.58. The first-order valence-corrected chi connectivity index (χ1v) is 8.56. The molecule has 0 radical (unpaired) electrons. The van der Waals surface area contributed by atoms with Crippen molar-refractivity contribution >= 4 is 17.5 Å². The van der Waals surface area contributed by atoms with Gasteiger partial charge in [0.1, 0.15) is 5.75 Å². The SMILES string of the molecule is COc1ccc2c(c1)CN[C@H](C(O)CNC(=O)c1ccccc1Cl)C2. The summed E-state index contributed by atoms with van der Waals surface area (Å²) in [5, 5.41) is 16.9. The third-order valence-electron chi connectivity index (χ3n) is 4.46. The predicted octanol–water partition coefficient (Wildman–Crippen LogP) is 2.15. The summed E-state index contributed by atoms with van der Waals surface area (Å²) in [7, 11) is 1.65. The van der Waals surface area contributed by atoms with E-state index in [9.17, 15) is 9.90 Å². The zero-order valence-corrected chi connectivity index (χ0v) is 14.7. The minimum atomic E-state index is -0.693. The van der Waals surface area contributed by atoms with Gasteiger partial charge in [-0.05, 0) is 41.8 Å². The number of hydrogen-bond acceptors (Lipinski definition) is 4. The van der Waals surface area contributed by atoms with Crippen LogP contribution in [-0.2, 0) is 13.0 Å². The molecule has 0 fully saturated rings. The lowest BCUT2D eigenvalue weighted by Crippen LogP contribution is -2.49. The Hall–Kier alpha value is -2.08. The van der Waals surface area contributed by atoms with E-state index in [0.29, 0.717) is 23.6 Å². The summed E-state index contributed by atoms with van der Waals surface area (Å²) in [5.41, 5.74) is 2.76. The third kappa shape index (κ3) is 4.12. The summed E-state index contributed by atoms with van der Waals surface area (Å²) in [5.74, 6) is 0.539. The number of aliphatic hydroxyl groups excluding tert-OH is 1. The fraction of sp³-hybridized carbons (Fsp3) is 0.316. The molecule has 1 aliphatic rings. The molecular weight excluding hydrogens is 340 g/mol. The molecule has 0 aliphatic carbocycles. The highest BCUT2D eigenvalue weighted by molar-refractivity contribution is 6.33. The van der Waals surface area contributed by atoms with Gasteiger partial charge in [-0.2, -0.15) is 0 Å². The maximum Gasteiger partial charge on any atom is 0.252 e. The van der Waals surface area contributed by atoms with Crippen molar-refractivity contribution in [1.82, 2.24) is 10.6 Å². The normalized spacial score (nSPS) is 17.5. The molecule has 1 aliphatic heterocycles. The standard InChI is InChI=1S/C19H21ClN2O3/c1-25-14-7-6-12-9-17(21-10-13(12)8-14)18(23)11-22-19(24)15-4-2-3-5-16(15)20/h2-8,17-18,21,23H,9-11H2,1H3,(H,22,24)/t17-,18?/m0/s1. The Morgan fingerprint density at radius 1 is 1.36 bits per heavy atom. The molecule has 1 unspecified atom stereocenters. The maximum absolute atomic E-state index is 12.2. The number of benzene rings is 2. The molecule has 25 heavy (non-hydrogen) atoms. The molecule has 6 heteroatoms. The lowest BCUT2D eigenvalue weighted by atomic mass is 9.92. The summed E-state index contributed by atoms with van der Waals surface area (Å²) in [6, 6.07) is 12.7. The summed E-state index contributed by atoms with van der Waals surface area (Å²) >= 11 is 6.02. The first-order valence-electron chi connectivity index (χ1n) is 8.18. The zero-order chi connectivity index (χ0) is 17.8. The molecule has 5 nitrogen and oxygen atoms in total. The number of hydrogen-bond donors (Lipinski definition) is 3. The van der Waals surface area contributed by atoms with Crippen LogP contribution in [0, 0.1) is 0 Å². The van der Waals surface area contributed by atoms with E-state index in [1.54, 1.807) is 31.4 Å². The van der Waals surface area contributed by atoms with Crippen LogP contribution >= 0.6 is 11.6 Å². The smallest absolute Gasteiger partial charge is 0.252 e. The second-order valence-corrected chi connectivity index (χ2v) is 6.49. The molecule has 1 heterocycles. The fourth-order valence-corrected chi connectivity index (χ4v) is 3.22. The Labute approximate surface area is 152 Å². The molecule has 0 saturated carbocycles. The summed E-state index contributed by atoms with van der Waals surface area (Å²) < 4.78 is 5.24. The lowest BCUT2D eigenvalue weighted by molar-refractivity contribution is 0.0870. The highest BCUT2D eigenvalue weighted by atomic mass is 35.5. The Bertz CT molecular complexity index is 766. The number of carbonyl (C=O) groups is 1.